The maximum atomic E-state index is 11.8. The zero-order chi connectivity index (χ0) is 14.5. The van der Waals surface area contributed by atoms with Crippen molar-refractivity contribution in [3.8, 4) is 0 Å². The third kappa shape index (κ3) is 5.56. The van der Waals surface area contributed by atoms with Crippen molar-refractivity contribution in [1.29, 1.82) is 0 Å². The molecule has 0 saturated carbocycles. The van der Waals surface area contributed by atoms with Crippen molar-refractivity contribution in [2.75, 3.05) is 32.8 Å². The van der Waals surface area contributed by atoms with Crippen molar-refractivity contribution in [2.45, 2.75) is 19.4 Å². The number of nitrogens with one attached hydrogen (secondary N) is 2. The molecule has 0 unspecified atom stereocenters. The highest BCUT2D eigenvalue weighted by Gasteiger charge is 2.29. The first kappa shape index (κ1) is 15.2. The second-order valence-corrected chi connectivity index (χ2v) is 4.86. The summed E-state index contributed by atoms with van der Waals surface area (Å²) in [5.41, 5.74) is -0.402. The Labute approximate surface area is 111 Å². The van der Waals surface area contributed by atoms with Gasteiger partial charge in [0.15, 0.2) is 0 Å². The maximum absolute atomic E-state index is 11.8. The molecule has 0 aromatic rings. The molecular weight excluding hydrogens is 254 g/mol. The smallest absolute Gasteiger partial charge is 0.322 e. The summed E-state index contributed by atoms with van der Waals surface area (Å²) in [5, 5.41) is 13.0. The monoisotopic (exact) mass is 273 g/mol. The molecule has 0 aromatic carbocycles. The third-order valence-corrected chi connectivity index (χ3v) is 2.55. The Kier molecular flexibility index (Phi) is 5.11. The summed E-state index contributed by atoms with van der Waals surface area (Å²) in [4.78, 5) is 34.8. The number of carboxylic acids is 1. The van der Waals surface area contributed by atoms with E-state index in [9.17, 15) is 14.4 Å². The van der Waals surface area contributed by atoms with Gasteiger partial charge in [0.1, 0.15) is 6.54 Å². The molecule has 0 aromatic heterocycles. The molecule has 108 valence electrons. The minimum absolute atomic E-state index is 0.246. The first-order chi connectivity index (χ1) is 8.80. The molecular formula is C11H19N3O5. The second kappa shape index (κ2) is 6.37. The average molecular weight is 273 g/mol. The molecule has 1 saturated heterocycles. The summed E-state index contributed by atoms with van der Waals surface area (Å²) < 4.78 is 5.47. The van der Waals surface area contributed by atoms with E-state index in [1.165, 1.54) is 0 Å². The Hall–Kier alpha value is -1.83. The molecule has 0 aliphatic carbocycles. The van der Waals surface area contributed by atoms with E-state index in [2.05, 4.69) is 10.6 Å². The Morgan fingerprint density at radius 2 is 1.95 bits per heavy atom. The molecule has 8 nitrogen and oxygen atoms in total. The number of hydrogen-bond acceptors (Lipinski definition) is 4. The quantitative estimate of drug-likeness (QED) is 0.609. The standard InChI is InChI=1S/C11H19N3O5/c1-11(2)7-14(3-4-19-11)10(18)13-5-8(15)12-6-9(16)17/h3-7H2,1-2H3,(H,12,15)(H,13,18)(H,16,17). The van der Waals surface area contributed by atoms with Gasteiger partial charge in [-0.15, -0.1) is 0 Å². The van der Waals surface area contributed by atoms with Gasteiger partial charge in [0, 0.05) is 6.54 Å². The number of nitrogens with zero attached hydrogens (tertiary/aromatic N) is 1. The molecule has 19 heavy (non-hydrogen) atoms. The highest BCUT2D eigenvalue weighted by atomic mass is 16.5. The lowest BCUT2D eigenvalue weighted by molar-refractivity contribution is -0.137. The zero-order valence-corrected chi connectivity index (χ0v) is 11.1. The van der Waals surface area contributed by atoms with Gasteiger partial charge in [-0.2, -0.15) is 0 Å². The van der Waals surface area contributed by atoms with Crippen molar-refractivity contribution in [1.82, 2.24) is 15.5 Å². The Morgan fingerprint density at radius 3 is 2.53 bits per heavy atom. The van der Waals surface area contributed by atoms with Crippen LogP contribution in [-0.4, -0.2) is 66.3 Å². The molecule has 1 aliphatic rings. The van der Waals surface area contributed by atoms with Gasteiger partial charge in [-0.05, 0) is 13.8 Å². The van der Waals surface area contributed by atoms with E-state index in [4.69, 9.17) is 9.84 Å². The van der Waals surface area contributed by atoms with E-state index in [0.29, 0.717) is 19.7 Å². The fourth-order valence-electron chi connectivity index (χ4n) is 1.69. The molecule has 1 rings (SSSR count). The summed E-state index contributed by atoms with van der Waals surface area (Å²) in [7, 11) is 0. The van der Waals surface area contributed by atoms with Gasteiger partial charge >= 0.3 is 12.0 Å². The van der Waals surface area contributed by atoms with Crippen LogP contribution in [0.25, 0.3) is 0 Å². The van der Waals surface area contributed by atoms with Gasteiger partial charge in [-0.1, -0.05) is 0 Å². The number of carboxylic acid groups (broad SMARTS) is 1. The molecule has 1 heterocycles. The molecule has 1 fully saturated rings. The van der Waals surface area contributed by atoms with E-state index in [1.807, 2.05) is 13.8 Å². The SMILES string of the molecule is CC1(C)CN(C(=O)NCC(=O)NCC(=O)O)CCO1. The van der Waals surface area contributed by atoms with Gasteiger partial charge in [-0.25, -0.2) is 4.79 Å². The number of ether oxygens (including phenoxy) is 1. The van der Waals surface area contributed by atoms with E-state index < -0.39 is 24.0 Å². The number of rotatable bonds is 4. The predicted molar refractivity (Wildman–Crippen MR) is 65.6 cm³/mol. The van der Waals surface area contributed by atoms with Crippen molar-refractivity contribution < 1.29 is 24.2 Å². The first-order valence-corrected chi connectivity index (χ1v) is 5.95. The van der Waals surface area contributed by atoms with Gasteiger partial charge in [-0.3, -0.25) is 9.59 Å². The molecule has 0 spiro atoms. The van der Waals surface area contributed by atoms with Gasteiger partial charge in [0.05, 0.1) is 25.3 Å². The number of carbonyl (C=O) groups excluding carboxylic acids is 2. The van der Waals surface area contributed by atoms with Crippen LogP contribution < -0.4 is 10.6 Å². The summed E-state index contributed by atoms with van der Waals surface area (Å²) in [6.07, 6.45) is 0. The minimum atomic E-state index is -1.13. The van der Waals surface area contributed by atoms with E-state index >= 15 is 0 Å². The highest BCUT2D eigenvalue weighted by molar-refractivity contribution is 5.86. The second-order valence-electron chi connectivity index (χ2n) is 4.86. The number of urea groups is 1. The van der Waals surface area contributed by atoms with E-state index in [-0.39, 0.29) is 12.6 Å². The van der Waals surface area contributed by atoms with E-state index in [1.54, 1.807) is 4.90 Å². The summed E-state index contributed by atoms with van der Waals surface area (Å²) in [6.45, 7) is 4.41. The lowest BCUT2D eigenvalue weighted by atomic mass is 10.1. The molecule has 0 radical (unpaired) electrons. The van der Waals surface area contributed by atoms with Crippen LogP contribution >= 0.6 is 0 Å². The average Bonchev–Trinajstić information content (AvgIpc) is 2.32. The van der Waals surface area contributed by atoms with Crippen LogP contribution in [0.4, 0.5) is 4.79 Å². The number of hydrogen-bond donors (Lipinski definition) is 3. The summed E-state index contributed by atoms with van der Waals surface area (Å²) in [6, 6.07) is -0.359. The number of carbonyl (C=O) groups is 3. The largest absolute Gasteiger partial charge is 0.480 e. The molecule has 3 amide bonds. The minimum Gasteiger partial charge on any atom is -0.480 e. The van der Waals surface area contributed by atoms with Crippen LogP contribution in [0.15, 0.2) is 0 Å². The lowest BCUT2D eigenvalue weighted by Crippen LogP contribution is -2.54. The summed E-state index contributed by atoms with van der Waals surface area (Å²) in [5.74, 6) is -1.67. The van der Waals surface area contributed by atoms with Crippen LogP contribution in [0, 0.1) is 0 Å². The van der Waals surface area contributed by atoms with Crippen molar-refractivity contribution in [2.24, 2.45) is 0 Å². The van der Waals surface area contributed by atoms with Crippen LogP contribution in [0.2, 0.25) is 0 Å². The van der Waals surface area contributed by atoms with Crippen molar-refractivity contribution >= 4 is 17.9 Å². The first-order valence-electron chi connectivity index (χ1n) is 5.95. The van der Waals surface area contributed by atoms with Crippen LogP contribution in [0.5, 0.6) is 0 Å². The van der Waals surface area contributed by atoms with Gasteiger partial charge in [0.25, 0.3) is 0 Å². The number of morpholine rings is 1. The topological polar surface area (TPSA) is 108 Å². The molecule has 8 heteroatoms. The van der Waals surface area contributed by atoms with Crippen molar-refractivity contribution in [3.63, 3.8) is 0 Å². The van der Waals surface area contributed by atoms with Crippen LogP contribution in [-0.2, 0) is 14.3 Å². The predicted octanol–water partition coefficient (Wildman–Crippen LogP) is -0.992. The van der Waals surface area contributed by atoms with Crippen LogP contribution in [0.3, 0.4) is 0 Å². The molecule has 1 aliphatic heterocycles. The lowest BCUT2D eigenvalue weighted by Gasteiger charge is -2.37. The molecule has 3 N–H and O–H groups in total. The molecule has 0 bridgehead atoms. The molecule has 0 atom stereocenters. The fraction of sp³-hybridized carbons (Fsp3) is 0.727. The van der Waals surface area contributed by atoms with Crippen molar-refractivity contribution in [3.05, 3.63) is 0 Å². The van der Waals surface area contributed by atoms with Gasteiger partial charge in [0.2, 0.25) is 5.91 Å². The highest BCUT2D eigenvalue weighted by Crippen LogP contribution is 2.15. The van der Waals surface area contributed by atoms with Gasteiger partial charge < -0.3 is 25.4 Å². The van der Waals surface area contributed by atoms with Crippen LogP contribution in [0.1, 0.15) is 13.8 Å². The Balaban J connectivity index is 2.31. The van der Waals surface area contributed by atoms with E-state index in [0.717, 1.165) is 0 Å². The Morgan fingerprint density at radius 1 is 1.26 bits per heavy atom. The fourth-order valence-corrected chi connectivity index (χ4v) is 1.69. The Bertz CT molecular complexity index is 369. The zero-order valence-electron chi connectivity index (χ0n) is 11.1. The number of amides is 3. The maximum Gasteiger partial charge on any atom is 0.322 e. The summed E-state index contributed by atoms with van der Waals surface area (Å²) >= 11 is 0. The number of aliphatic carboxylic acids is 1. The third-order valence-electron chi connectivity index (χ3n) is 2.55. The normalized spacial score (nSPS) is 17.7.